The molecule has 126 valence electrons. The first kappa shape index (κ1) is 16.5. The highest BCUT2D eigenvalue weighted by Crippen LogP contribution is 2.14. The second-order valence-corrected chi connectivity index (χ2v) is 6.37. The molecule has 0 spiro atoms. The van der Waals surface area contributed by atoms with Crippen LogP contribution in [0.15, 0.2) is 48.8 Å². The van der Waals surface area contributed by atoms with Gasteiger partial charge < -0.3 is 10.6 Å². The number of benzene rings is 1. The zero-order valence-corrected chi connectivity index (χ0v) is 14.0. The van der Waals surface area contributed by atoms with E-state index in [0.29, 0.717) is 0 Å². The number of anilines is 1. The second-order valence-electron chi connectivity index (χ2n) is 6.37. The average molecular weight is 324 g/mol. The molecule has 1 aliphatic rings. The van der Waals surface area contributed by atoms with Crippen molar-refractivity contribution in [3.63, 3.8) is 0 Å². The van der Waals surface area contributed by atoms with Gasteiger partial charge in [-0.1, -0.05) is 17.7 Å². The molecule has 5 nitrogen and oxygen atoms in total. The lowest BCUT2D eigenvalue weighted by molar-refractivity contribution is 0.190. The van der Waals surface area contributed by atoms with Gasteiger partial charge in [0.1, 0.15) is 0 Å². The first-order valence-electron chi connectivity index (χ1n) is 8.44. The smallest absolute Gasteiger partial charge is 0.319 e. The largest absolute Gasteiger partial charge is 0.335 e. The van der Waals surface area contributed by atoms with Gasteiger partial charge in [-0.2, -0.15) is 0 Å². The van der Waals surface area contributed by atoms with Gasteiger partial charge in [0.15, 0.2) is 0 Å². The Hall–Kier alpha value is -2.40. The number of aromatic nitrogens is 1. The Bertz CT molecular complexity index is 649. The summed E-state index contributed by atoms with van der Waals surface area (Å²) in [6.07, 6.45) is 5.62. The van der Waals surface area contributed by atoms with Crippen molar-refractivity contribution in [3.8, 4) is 0 Å². The van der Waals surface area contributed by atoms with Gasteiger partial charge in [-0.25, -0.2) is 4.79 Å². The normalized spacial score (nSPS) is 15.9. The minimum atomic E-state index is -0.119. The van der Waals surface area contributed by atoms with E-state index in [-0.39, 0.29) is 12.1 Å². The number of likely N-dealkylation sites (tertiary alicyclic amines) is 1. The van der Waals surface area contributed by atoms with Gasteiger partial charge in [0, 0.05) is 43.8 Å². The molecule has 5 heteroatoms. The molecule has 1 saturated heterocycles. The molecule has 2 N–H and O–H groups in total. The Labute approximate surface area is 143 Å². The highest BCUT2D eigenvalue weighted by Gasteiger charge is 2.20. The Morgan fingerprint density at radius 3 is 2.46 bits per heavy atom. The molecule has 0 atom stereocenters. The maximum absolute atomic E-state index is 12.1. The minimum absolute atomic E-state index is 0.119. The summed E-state index contributed by atoms with van der Waals surface area (Å²) < 4.78 is 0. The van der Waals surface area contributed by atoms with E-state index >= 15 is 0 Å². The number of carbonyl (C=O) groups is 1. The predicted octanol–water partition coefficient (Wildman–Crippen LogP) is 3.18. The number of hydrogen-bond donors (Lipinski definition) is 2. The van der Waals surface area contributed by atoms with Crippen LogP contribution in [0, 0.1) is 6.92 Å². The summed E-state index contributed by atoms with van der Waals surface area (Å²) in [7, 11) is 0. The lowest BCUT2D eigenvalue weighted by Crippen LogP contribution is -2.45. The Balaban J connectivity index is 1.41. The first-order chi connectivity index (χ1) is 11.7. The molecule has 0 saturated carbocycles. The van der Waals surface area contributed by atoms with Crippen LogP contribution in [0.5, 0.6) is 0 Å². The van der Waals surface area contributed by atoms with Crippen LogP contribution in [-0.4, -0.2) is 35.0 Å². The van der Waals surface area contributed by atoms with Crippen molar-refractivity contribution in [2.24, 2.45) is 0 Å². The van der Waals surface area contributed by atoms with Crippen LogP contribution in [-0.2, 0) is 6.54 Å². The third kappa shape index (κ3) is 4.80. The van der Waals surface area contributed by atoms with Gasteiger partial charge in [0.25, 0.3) is 0 Å². The van der Waals surface area contributed by atoms with Crippen molar-refractivity contribution in [1.29, 1.82) is 0 Å². The van der Waals surface area contributed by atoms with Crippen LogP contribution in [0.4, 0.5) is 10.5 Å². The quantitative estimate of drug-likeness (QED) is 0.908. The number of hydrogen-bond acceptors (Lipinski definition) is 3. The van der Waals surface area contributed by atoms with Gasteiger partial charge in [-0.05, 0) is 49.6 Å². The number of urea groups is 1. The summed E-state index contributed by atoms with van der Waals surface area (Å²) >= 11 is 0. The van der Waals surface area contributed by atoms with E-state index in [1.54, 1.807) is 0 Å². The number of aryl methyl sites for hydroxylation is 1. The molecule has 0 unspecified atom stereocenters. The summed E-state index contributed by atoms with van der Waals surface area (Å²) in [5, 5.41) is 5.98. The van der Waals surface area contributed by atoms with E-state index in [1.165, 1.54) is 11.1 Å². The fourth-order valence-corrected chi connectivity index (χ4v) is 2.97. The van der Waals surface area contributed by atoms with Gasteiger partial charge in [0.05, 0.1) is 0 Å². The van der Waals surface area contributed by atoms with Crippen molar-refractivity contribution in [2.75, 3.05) is 18.4 Å². The highest BCUT2D eigenvalue weighted by molar-refractivity contribution is 5.89. The number of piperidine rings is 1. The SMILES string of the molecule is Cc1ccc(NC(=O)NC2CCN(Cc3ccncc3)CC2)cc1. The molecule has 0 bridgehead atoms. The molecule has 1 aliphatic heterocycles. The standard InChI is InChI=1S/C19H24N4O/c1-15-2-4-17(5-3-15)21-19(24)22-18-8-12-23(13-9-18)14-16-6-10-20-11-7-16/h2-7,10-11,18H,8-9,12-14H2,1H3,(H2,21,22,24). The van der Waals surface area contributed by atoms with Crippen LogP contribution in [0.2, 0.25) is 0 Å². The molecule has 0 radical (unpaired) electrons. The molecule has 1 fully saturated rings. The number of nitrogens with one attached hydrogen (secondary N) is 2. The average Bonchev–Trinajstić information content (AvgIpc) is 2.60. The second kappa shape index (κ2) is 7.93. The number of amides is 2. The first-order valence-corrected chi connectivity index (χ1v) is 8.44. The van der Waals surface area contributed by atoms with Gasteiger partial charge in [-0.3, -0.25) is 9.88 Å². The predicted molar refractivity (Wildman–Crippen MR) is 95.9 cm³/mol. The monoisotopic (exact) mass is 324 g/mol. The molecule has 24 heavy (non-hydrogen) atoms. The highest BCUT2D eigenvalue weighted by atomic mass is 16.2. The number of carbonyl (C=O) groups excluding carboxylic acids is 1. The molecule has 2 aromatic rings. The van der Waals surface area contributed by atoms with E-state index in [0.717, 1.165) is 38.2 Å². The van der Waals surface area contributed by atoms with Crippen LogP contribution >= 0.6 is 0 Å². The molecule has 1 aromatic carbocycles. The summed E-state index contributed by atoms with van der Waals surface area (Å²) in [6.45, 7) is 4.98. The summed E-state index contributed by atoms with van der Waals surface area (Å²) in [4.78, 5) is 18.6. The number of rotatable bonds is 4. The fourth-order valence-electron chi connectivity index (χ4n) is 2.97. The van der Waals surface area contributed by atoms with Crippen LogP contribution in [0.1, 0.15) is 24.0 Å². The van der Waals surface area contributed by atoms with Crippen molar-refractivity contribution in [3.05, 3.63) is 59.9 Å². The van der Waals surface area contributed by atoms with Crippen LogP contribution in [0.25, 0.3) is 0 Å². The number of pyridine rings is 1. The molecule has 1 aromatic heterocycles. The zero-order chi connectivity index (χ0) is 16.8. The topological polar surface area (TPSA) is 57.3 Å². The molecular weight excluding hydrogens is 300 g/mol. The maximum Gasteiger partial charge on any atom is 0.319 e. The fraction of sp³-hybridized carbons (Fsp3) is 0.368. The molecular formula is C19H24N4O. The molecule has 2 heterocycles. The maximum atomic E-state index is 12.1. The van der Waals surface area contributed by atoms with E-state index < -0.39 is 0 Å². The number of nitrogens with zero attached hydrogens (tertiary/aromatic N) is 2. The molecule has 3 rings (SSSR count). The van der Waals surface area contributed by atoms with Crippen molar-refractivity contribution < 1.29 is 4.79 Å². The van der Waals surface area contributed by atoms with E-state index in [2.05, 4.69) is 32.7 Å². The van der Waals surface area contributed by atoms with Gasteiger partial charge in [0.2, 0.25) is 0 Å². The minimum Gasteiger partial charge on any atom is -0.335 e. The van der Waals surface area contributed by atoms with Crippen LogP contribution in [0.3, 0.4) is 0 Å². The molecule has 2 amide bonds. The third-order valence-corrected chi connectivity index (χ3v) is 4.39. The van der Waals surface area contributed by atoms with Crippen molar-refractivity contribution in [1.82, 2.24) is 15.2 Å². The Morgan fingerprint density at radius 2 is 1.79 bits per heavy atom. The van der Waals surface area contributed by atoms with E-state index in [9.17, 15) is 4.79 Å². The molecule has 0 aliphatic carbocycles. The lowest BCUT2D eigenvalue weighted by Gasteiger charge is -2.32. The summed E-state index contributed by atoms with van der Waals surface area (Å²) in [6, 6.07) is 12.1. The zero-order valence-electron chi connectivity index (χ0n) is 14.0. The van der Waals surface area contributed by atoms with Crippen molar-refractivity contribution >= 4 is 11.7 Å². The van der Waals surface area contributed by atoms with Gasteiger partial charge >= 0.3 is 6.03 Å². The summed E-state index contributed by atoms with van der Waals surface area (Å²) in [5.41, 5.74) is 3.30. The third-order valence-electron chi connectivity index (χ3n) is 4.39. The van der Waals surface area contributed by atoms with E-state index in [4.69, 9.17) is 0 Å². The summed E-state index contributed by atoms with van der Waals surface area (Å²) in [5.74, 6) is 0. The Morgan fingerprint density at radius 1 is 1.12 bits per heavy atom. The van der Waals surface area contributed by atoms with Crippen LogP contribution < -0.4 is 10.6 Å². The van der Waals surface area contributed by atoms with Crippen molar-refractivity contribution in [2.45, 2.75) is 32.4 Å². The lowest BCUT2D eigenvalue weighted by atomic mass is 10.0. The Kier molecular flexibility index (Phi) is 5.43. The van der Waals surface area contributed by atoms with Gasteiger partial charge in [-0.15, -0.1) is 0 Å². The van der Waals surface area contributed by atoms with E-state index in [1.807, 2.05) is 43.6 Å².